The lowest BCUT2D eigenvalue weighted by Gasteiger charge is -2.36. The number of carbonyl (C=O) groups excluding carboxylic acids is 2. The fourth-order valence-electron chi connectivity index (χ4n) is 3.48. The first-order valence-electron chi connectivity index (χ1n) is 9.87. The molecular weight excluding hydrogens is 398 g/mol. The van der Waals surface area contributed by atoms with E-state index in [4.69, 9.17) is 10.5 Å². The van der Waals surface area contributed by atoms with Gasteiger partial charge in [-0.05, 0) is 12.1 Å². The number of hydrogen-bond acceptors (Lipinski definition) is 7. The summed E-state index contributed by atoms with van der Waals surface area (Å²) in [6.07, 6.45) is 1.84. The largest absolute Gasteiger partial charge is 0.377 e. The Hall–Kier alpha value is -3.48. The Morgan fingerprint density at radius 1 is 1.42 bits per heavy atom. The number of likely N-dealkylation sites (N-methyl/N-ethyl adjacent to an activating group) is 2. The quantitative estimate of drug-likeness (QED) is 0.668. The van der Waals surface area contributed by atoms with Crippen molar-refractivity contribution in [3.05, 3.63) is 41.7 Å². The minimum absolute atomic E-state index is 0.129. The van der Waals surface area contributed by atoms with Crippen LogP contribution in [0.15, 0.2) is 30.5 Å². The number of nitrogens with zero attached hydrogens (tertiary/aromatic N) is 4. The molecule has 1 atom stereocenters. The Kier molecular flexibility index (Phi) is 5.35. The van der Waals surface area contributed by atoms with Crippen molar-refractivity contribution in [2.45, 2.75) is 18.1 Å². The predicted octanol–water partition coefficient (Wildman–Crippen LogP) is 0.0222. The maximum atomic E-state index is 12.1. The molecule has 1 aromatic carbocycles. The first kappa shape index (κ1) is 20.8. The summed E-state index contributed by atoms with van der Waals surface area (Å²) < 4.78 is 5.21. The van der Waals surface area contributed by atoms with E-state index in [2.05, 4.69) is 21.8 Å². The molecule has 0 aliphatic carbocycles. The molecule has 0 saturated carbocycles. The van der Waals surface area contributed by atoms with Crippen LogP contribution in [0.25, 0.3) is 11.4 Å². The number of likely N-dealkylation sites (tertiary alicyclic amines) is 1. The van der Waals surface area contributed by atoms with Gasteiger partial charge in [0.25, 0.3) is 11.8 Å². The lowest BCUT2D eigenvalue weighted by Crippen LogP contribution is -2.48. The van der Waals surface area contributed by atoms with Crippen molar-refractivity contribution in [3.8, 4) is 23.2 Å². The molecule has 1 aromatic heterocycles. The lowest BCUT2D eigenvalue weighted by molar-refractivity contribution is -0.137. The Labute approximate surface area is 179 Å². The summed E-state index contributed by atoms with van der Waals surface area (Å²) >= 11 is 0. The maximum Gasteiger partial charge on any atom is 0.269 e. The van der Waals surface area contributed by atoms with Gasteiger partial charge in [0.2, 0.25) is 5.60 Å². The molecule has 3 N–H and O–H groups in total. The highest BCUT2D eigenvalue weighted by molar-refractivity contribution is 5.97. The number of rotatable bonds is 4. The number of primary amides is 1. The minimum Gasteiger partial charge on any atom is -0.377 e. The molecule has 2 aliphatic heterocycles. The molecule has 2 saturated heterocycles. The van der Waals surface area contributed by atoms with Gasteiger partial charge in [0.1, 0.15) is 0 Å². The molecule has 0 spiro atoms. The van der Waals surface area contributed by atoms with Gasteiger partial charge in [0.05, 0.1) is 31.1 Å². The third kappa shape index (κ3) is 3.95. The number of aliphatic hydroxyl groups is 1. The average Bonchev–Trinajstić information content (AvgIpc) is 2.98. The number of amides is 2. The van der Waals surface area contributed by atoms with E-state index in [1.807, 2.05) is 11.9 Å². The Morgan fingerprint density at radius 3 is 2.81 bits per heavy atom. The normalized spacial score (nSPS) is 20.7. The molecule has 2 amide bonds. The fraction of sp³-hybridized carbons (Fsp3) is 0.364. The molecule has 0 bridgehead atoms. The zero-order chi connectivity index (χ0) is 22.2. The maximum absolute atomic E-state index is 12.1. The number of carbonyl (C=O) groups is 2. The van der Waals surface area contributed by atoms with Crippen molar-refractivity contribution in [3.63, 3.8) is 0 Å². The predicted molar refractivity (Wildman–Crippen MR) is 113 cm³/mol. The summed E-state index contributed by atoms with van der Waals surface area (Å²) in [4.78, 5) is 36.3. The molecule has 9 heteroatoms. The SMILES string of the molecule is CN1CC[C@@](O)(C#Cc2cccc(-c3ncc(N(C)C4COC4)c(C(N)=O)n3)c2)C1=O. The number of aromatic nitrogens is 2. The molecule has 0 unspecified atom stereocenters. The Morgan fingerprint density at radius 2 is 2.19 bits per heavy atom. The van der Waals surface area contributed by atoms with Crippen LogP contribution in [0.4, 0.5) is 5.69 Å². The van der Waals surface area contributed by atoms with Gasteiger partial charge in [-0.3, -0.25) is 9.59 Å². The fourth-order valence-corrected chi connectivity index (χ4v) is 3.48. The van der Waals surface area contributed by atoms with Crippen molar-refractivity contribution in [2.24, 2.45) is 5.73 Å². The highest BCUT2D eigenvalue weighted by atomic mass is 16.5. The van der Waals surface area contributed by atoms with E-state index in [9.17, 15) is 14.7 Å². The van der Waals surface area contributed by atoms with Crippen LogP contribution in [0, 0.1) is 11.8 Å². The molecular formula is C22H23N5O4. The summed E-state index contributed by atoms with van der Waals surface area (Å²) in [5.41, 5.74) is 5.81. The van der Waals surface area contributed by atoms with Gasteiger partial charge in [-0.1, -0.05) is 24.0 Å². The standard InChI is InChI=1S/C22H23N5O4/c1-26-9-8-22(30,21(26)29)7-6-14-4-3-5-15(10-14)20-24-11-17(18(25-20)19(23)28)27(2)16-12-31-13-16/h3-5,10-11,16,30H,8-9,12-13H2,1-2H3,(H2,23,28)/t22-/m0/s1. The topological polar surface area (TPSA) is 122 Å². The molecule has 31 heavy (non-hydrogen) atoms. The number of anilines is 1. The van der Waals surface area contributed by atoms with Crippen molar-refractivity contribution in [1.82, 2.24) is 14.9 Å². The van der Waals surface area contributed by atoms with Crippen LogP contribution in [-0.2, 0) is 9.53 Å². The number of nitrogens with two attached hydrogens (primary N) is 1. The van der Waals surface area contributed by atoms with Crippen LogP contribution in [0.3, 0.4) is 0 Å². The summed E-state index contributed by atoms with van der Waals surface area (Å²) in [5, 5.41) is 10.5. The minimum atomic E-state index is -1.67. The first-order chi connectivity index (χ1) is 14.8. The van der Waals surface area contributed by atoms with E-state index in [1.54, 1.807) is 37.5 Å². The molecule has 160 valence electrons. The smallest absolute Gasteiger partial charge is 0.269 e. The van der Waals surface area contributed by atoms with Crippen molar-refractivity contribution >= 4 is 17.5 Å². The second kappa shape index (κ2) is 7.98. The zero-order valence-electron chi connectivity index (χ0n) is 17.3. The van der Waals surface area contributed by atoms with E-state index in [0.717, 1.165) is 0 Å². The van der Waals surface area contributed by atoms with Gasteiger partial charge >= 0.3 is 0 Å². The Balaban J connectivity index is 1.64. The van der Waals surface area contributed by atoms with Gasteiger partial charge in [-0.25, -0.2) is 9.97 Å². The third-order valence-electron chi connectivity index (χ3n) is 5.59. The van der Waals surface area contributed by atoms with Crippen molar-refractivity contribution < 1.29 is 19.4 Å². The molecule has 9 nitrogen and oxygen atoms in total. The van der Waals surface area contributed by atoms with Crippen LogP contribution >= 0.6 is 0 Å². The monoisotopic (exact) mass is 421 g/mol. The second-order valence-electron chi connectivity index (χ2n) is 7.76. The number of benzene rings is 1. The van der Waals surface area contributed by atoms with E-state index < -0.39 is 17.4 Å². The molecule has 4 rings (SSSR count). The third-order valence-corrected chi connectivity index (χ3v) is 5.59. The van der Waals surface area contributed by atoms with E-state index in [1.165, 1.54) is 4.90 Å². The highest BCUT2D eigenvalue weighted by Crippen LogP contribution is 2.25. The van der Waals surface area contributed by atoms with E-state index in [-0.39, 0.29) is 18.2 Å². The van der Waals surface area contributed by atoms with Crippen molar-refractivity contribution in [1.29, 1.82) is 0 Å². The summed E-state index contributed by atoms with van der Waals surface area (Å²) in [6, 6.07) is 7.21. The van der Waals surface area contributed by atoms with Crippen LogP contribution < -0.4 is 10.6 Å². The van der Waals surface area contributed by atoms with Gasteiger partial charge in [0, 0.05) is 38.2 Å². The highest BCUT2D eigenvalue weighted by Gasteiger charge is 2.42. The first-order valence-corrected chi connectivity index (χ1v) is 9.87. The second-order valence-corrected chi connectivity index (χ2v) is 7.76. The van der Waals surface area contributed by atoms with E-state index >= 15 is 0 Å². The average molecular weight is 421 g/mol. The molecule has 3 heterocycles. The molecule has 2 aromatic rings. The zero-order valence-corrected chi connectivity index (χ0v) is 17.3. The van der Waals surface area contributed by atoms with Crippen LogP contribution in [-0.4, -0.2) is 77.3 Å². The van der Waals surface area contributed by atoms with E-state index in [0.29, 0.717) is 42.4 Å². The lowest BCUT2D eigenvalue weighted by atomic mass is 10.0. The molecule has 2 aliphatic rings. The van der Waals surface area contributed by atoms with Crippen LogP contribution in [0.1, 0.15) is 22.5 Å². The molecule has 2 fully saturated rings. The summed E-state index contributed by atoms with van der Waals surface area (Å²) in [5.74, 6) is 4.84. The van der Waals surface area contributed by atoms with Gasteiger partial charge in [-0.15, -0.1) is 0 Å². The van der Waals surface area contributed by atoms with Crippen LogP contribution in [0.5, 0.6) is 0 Å². The number of hydrogen-bond donors (Lipinski definition) is 2. The number of ether oxygens (including phenoxy) is 1. The van der Waals surface area contributed by atoms with Gasteiger partial charge in [0.15, 0.2) is 11.5 Å². The summed E-state index contributed by atoms with van der Waals surface area (Å²) in [7, 11) is 3.48. The van der Waals surface area contributed by atoms with Crippen molar-refractivity contribution in [2.75, 3.05) is 38.8 Å². The van der Waals surface area contributed by atoms with Crippen LogP contribution in [0.2, 0.25) is 0 Å². The molecule has 0 radical (unpaired) electrons. The summed E-state index contributed by atoms with van der Waals surface area (Å²) in [6.45, 7) is 1.60. The Bertz CT molecular complexity index is 1100. The van der Waals surface area contributed by atoms with Gasteiger partial charge < -0.3 is 25.4 Å². The van der Waals surface area contributed by atoms with Gasteiger partial charge in [-0.2, -0.15) is 0 Å².